The fraction of sp³-hybridized carbons (Fsp3) is 0.364. The zero-order chi connectivity index (χ0) is 22.2. The Hall–Kier alpha value is -2.68. The number of hydrogen-bond donors (Lipinski definition) is 2. The third kappa shape index (κ3) is 4.66. The summed E-state index contributed by atoms with van der Waals surface area (Å²) in [7, 11) is -3.45. The minimum absolute atomic E-state index is 0.181. The number of benzene rings is 2. The van der Waals surface area contributed by atoms with Crippen LogP contribution in [0.4, 0.5) is 18.9 Å². The number of fused-ring (bicyclic) bond motifs is 1. The van der Waals surface area contributed by atoms with E-state index in [1.165, 1.54) is 6.07 Å². The van der Waals surface area contributed by atoms with Crippen LogP contribution in [0.5, 0.6) is 5.75 Å². The minimum atomic E-state index is -4.52. The Bertz CT molecular complexity index is 1200. The van der Waals surface area contributed by atoms with Crippen molar-refractivity contribution >= 4 is 26.6 Å². The van der Waals surface area contributed by atoms with Crippen molar-refractivity contribution in [3.63, 3.8) is 0 Å². The lowest BCUT2D eigenvalue weighted by atomic mass is 10.0. The number of phenols is 1. The Balaban J connectivity index is 1.54. The summed E-state index contributed by atoms with van der Waals surface area (Å²) in [6.07, 6.45) is 1.49. The summed E-state index contributed by atoms with van der Waals surface area (Å²) in [6.45, 7) is 0.181. The molecule has 1 heterocycles. The van der Waals surface area contributed by atoms with Gasteiger partial charge < -0.3 is 9.67 Å². The van der Waals surface area contributed by atoms with Crippen molar-refractivity contribution in [1.29, 1.82) is 0 Å². The van der Waals surface area contributed by atoms with E-state index < -0.39 is 27.5 Å². The van der Waals surface area contributed by atoms with Gasteiger partial charge in [0.1, 0.15) is 5.75 Å². The van der Waals surface area contributed by atoms with E-state index in [1.807, 2.05) is 0 Å². The van der Waals surface area contributed by atoms with E-state index in [-0.39, 0.29) is 11.8 Å². The van der Waals surface area contributed by atoms with E-state index in [1.54, 1.807) is 35.0 Å². The number of aromatic nitrogens is 1. The maximum absolute atomic E-state index is 12.8. The van der Waals surface area contributed by atoms with E-state index in [9.17, 15) is 26.7 Å². The van der Waals surface area contributed by atoms with Crippen LogP contribution in [0.15, 0.2) is 48.7 Å². The van der Waals surface area contributed by atoms with Crippen LogP contribution < -0.4 is 4.72 Å². The zero-order valence-corrected chi connectivity index (χ0v) is 17.5. The lowest BCUT2D eigenvalue weighted by Crippen LogP contribution is -2.29. The molecule has 3 aromatic rings. The molecule has 0 radical (unpaired) electrons. The molecule has 2 N–H and O–H groups in total. The number of sulfonamides is 1. The van der Waals surface area contributed by atoms with Crippen molar-refractivity contribution in [2.75, 3.05) is 4.72 Å². The summed E-state index contributed by atoms with van der Waals surface area (Å²) >= 11 is 0. The van der Waals surface area contributed by atoms with Gasteiger partial charge in [-0.1, -0.05) is 25.3 Å². The van der Waals surface area contributed by atoms with Gasteiger partial charge in [0.25, 0.3) is 0 Å². The van der Waals surface area contributed by atoms with Crippen molar-refractivity contribution in [2.24, 2.45) is 0 Å². The van der Waals surface area contributed by atoms with E-state index in [2.05, 4.69) is 4.72 Å². The summed E-state index contributed by atoms with van der Waals surface area (Å²) < 4.78 is 68.2. The largest absolute Gasteiger partial charge is 0.508 e. The smallest absolute Gasteiger partial charge is 0.416 e. The van der Waals surface area contributed by atoms with Crippen LogP contribution in [0, 0.1) is 0 Å². The van der Waals surface area contributed by atoms with Crippen LogP contribution in [0.2, 0.25) is 0 Å². The van der Waals surface area contributed by atoms with E-state index in [0.717, 1.165) is 42.3 Å². The molecule has 9 heteroatoms. The van der Waals surface area contributed by atoms with Crippen LogP contribution in [-0.4, -0.2) is 23.3 Å². The molecule has 1 aliphatic carbocycles. The third-order valence-corrected chi connectivity index (χ3v) is 7.64. The molecule has 0 aliphatic heterocycles. The van der Waals surface area contributed by atoms with Crippen molar-refractivity contribution in [1.82, 2.24) is 4.57 Å². The fourth-order valence-electron chi connectivity index (χ4n) is 4.08. The van der Waals surface area contributed by atoms with Crippen molar-refractivity contribution < 1.29 is 26.7 Å². The molecule has 0 bridgehead atoms. The summed E-state index contributed by atoms with van der Waals surface area (Å²) in [6, 6.07) is 9.89. The van der Waals surface area contributed by atoms with Crippen LogP contribution in [-0.2, 0) is 22.7 Å². The number of hydrogen-bond acceptors (Lipinski definition) is 3. The molecule has 0 amide bonds. The third-order valence-electron chi connectivity index (χ3n) is 5.78. The van der Waals surface area contributed by atoms with Crippen LogP contribution >= 0.6 is 0 Å². The lowest BCUT2D eigenvalue weighted by Gasteiger charge is -2.22. The highest BCUT2D eigenvalue weighted by Gasteiger charge is 2.31. The average Bonchev–Trinajstić information content (AvgIpc) is 3.11. The molecule has 1 aromatic heterocycles. The van der Waals surface area contributed by atoms with Crippen molar-refractivity contribution in [3.05, 3.63) is 59.8 Å². The Morgan fingerprint density at radius 3 is 2.45 bits per heavy atom. The normalized spacial score (nSPS) is 16.0. The Morgan fingerprint density at radius 1 is 1.03 bits per heavy atom. The average molecular weight is 452 g/mol. The Labute approximate surface area is 178 Å². The predicted octanol–water partition coefficient (Wildman–Crippen LogP) is 5.49. The highest BCUT2D eigenvalue weighted by molar-refractivity contribution is 7.93. The van der Waals surface area contributed by atoms with Gasteiger partial charge in [-0.25, -0.2) is 8.42 Å². The number of alkyl halides is 3. The quantitative estimate of drug-likeness (QED) is 0.538. The molecule has 2 aromatic carbocycles. The molecule has 1 fully saturated rings. The molecule has 0 atom stereocenters. The van der Waals surface area contributed by atoms with Gasteiger partial charge in [-0.05, 0) is 49.2 Å². The summed E-state index contributed by atoms with van der Waals surface area (Å²) in [4.78, 5) is 0. The zero-order valence-electron chi connectivity index (χ0n) is 16.7. The van der Waals surface area contributed by atoms with Gasteiger partial charge in [-0.3, -0.25) is 4.72 Å². The summed E-state index contributed by atoms with van der Waals surface area (Å²) in [5.74, 6) is -0.423. The molecule has 5 nitrogen and oxygen atoms in total. The molecular formula is C22H23F3N2O3S. The monoisotopic (exact) mass is 452 g/mol. The summed E-state index contributed by atoms with van der Waals surface area (Å²) in [5, 5.41) is 10.4. The van der Waals surface area contributed by atoms with E-state index in [4.69, 9.17) is 0 Å². The van der Waals surface area contributed by atoms with Crippen molar-refractivity contribution in [3.8, 4) is 5.75 Å². The SMILES string of the molecule is O=S(=O)(Nc1ccc2c(ccn2Cc2ccc(C(F)(F)F)cc2O)c1)C1CCCCC1. The number of rotatable bonds is 5. The van der Waals surface area contributed by atoms with Gasteiger partial charge in [0, 0.05) is 28.4 Å². The molecule has 0 saturated heterocycles. The van der Waals surface area contributed by atoms with Crippen LogP contribution in [0.1, 0.15) is 43.2 Å². The van der Waals surface area contributed by atoms with Crippen LogP contribution in [0.25, 0.3) is 10.9 Å². The number of halogens is 3. The number of nitrogens with one attached hydrogen (secondary N) is 1. The molecule has 166 valence electrons. The first-order chi connectivity index (χ1) is 14.6. The maximum atomic E-state index is 12.8. The molecule has 4 rings (SSSR count). The number of nitrogens with zero attached hydrogens (tertiary/aromatic N) is 1. The van der Waals surface area contributed by atoms with Crippen LogP contribution in [0.3, 0.4) is 0 Å². The Morgan fingerprint density at radius 2 is 1.77 bits per heavy atom. The highest BCUT2D eigenvalue weighted by Crippen LogP contribution is 2.33. The lowest BCUT2D eigenvalue weighted by molar-refractivity contribution is -0.137. The first kappa shape index (κ1) is 21.5. The van der Waals surface area contributed by atoms with Gasteiger partial charge in [-0.2, -0.15) is 13.2 Å². The highest BCUT2D eigenvalue weighted by atomic mass is 32.2. The predicted molar refractivity (Wildman–Crippen MR) is 114 cm³/mol. The number of aromatic hydroxyl groups is 1. The standard InChI is InChI=1S/C22H23F3N2O3S/c23-22(24,25)17-7-6-16(21(28)13-17)14-27-11-10-15-12-18(8-9-20(15)27)26-31(29,30)19-4-2-1-3-5-19/h6-13,19,26,28H,1-5,14H2. The topological polar surface area (TPSA) is 71.3 Å². The van der Waals surface area contributed by atoms with E-state index in [0.29, 0.717) is 24.1 Å². The minimum Gasteiger partial charge on any atom is -0.508 e. The van der Waals surface area contributed by atoms with E-state index >= 15 is 0 Å². The number of anilines is 1. The fourth-order valence-corrected chi connectivity index (χ4v) is 5.66. The summed E-state index contributed by atoms with van der Waals surface area (Å²) in [5.41, 5.74) is 0.710. The Kier molecular flexibility index (Phi) is 5.63. The van der Waals surface area contributed by atoms with Gasteiger partial charge in [0.15, 0.2) is 0 Å². The van der Waals surface area contributed by atoms with Gasteiger partial charge in [0.05, 0.1) is 17.4 Å². The number of phenolic OH excluding ortho intramolecular Hbond substituents is 1. The molecule has 0 unspecified atom stereocenters. The van der Waals surface area contributed by atoms with Gasteiger partial charge >= 0.3 is 6.18 Å². The molecule has 1 saturated carbocycles. The molecular weight excluding hydrogens is 429 g/mol. The second kappa shape index (κ2) is 8.11. The second-order valence-electron chi connectivity index (χ2n) is 7.97. The van der Waals surface area contributed by atoms with Gasteiger partial charge in [0.2, 0.25) is 10.0 Å². The first-order valence-electron chi connectivity index (χ1n) is 10.1. The second-order valence-corrected chi connectivity index (χ2v) is 9.93. The maximum Gasteiger partial charge on any atom is 0.416 e. The van der Waals surface area contributed by atoms with Crippen molar-refractivity contribution in [2.45, 2.75) is 50.1 Å². The molecule has 31 heavy (non-hydrogen) atoms. The van der Waals surface area contributed by atoms with Gasteiger partial charge in [-0.15, -0.1) is 0 Å². The molecule has 1 aliphatic rings. The molecule has 0 spiro atoms. The first-order valence-corrected chi connectivity index (χ1v) is 11.7.